The maximum Gasteiger partial charge on any atom is 0.573 e. The summed E-state index contributed by atoms with van der Waals surface area (Å²) in [6, 6.07) is 10.1. The van der Waals surface area contributed by atoms with Gasteiger partial charge in [-0.1, -0.05) is 30.8 Å². The Bertz CT molecular complexity index is 1330. The second-order valence-electron chi connectivity index (χ2n) is 8.39. The lowest BCUT2D eigenvalue weighted by Gasteiger charge is -2.38. The van der Waals surface area contributed by atoms with Crippen molar-refractivity contribution in [3.63, 3.8) is 0 Å². The third kappa shape index (κ3) is 7.02. The van der Waals surface area contributed by atoms with Crippen LogP contribution in [0.5, 0.6) is 5.75 Å². The first-order valence-corrected chi connectivity index (χ1v) is 11.0. The molecule has 39 heavy (non-hydrogen) atoms. The van der Waals surface area contributed by atoms with Crippen molar-refractivity contribution in [2.75, 3.05) is 6.54 Å². The van der Waals surface area contributed by atoms with Crippen LogP contribution in [0.25, 0.3) is 5.70 Å². The Labute approximate surface area is 215 Å². The van der Waals surface area contributed by atoms with Crippen LogP contribution in [-0.2, 0) is 17.9 Å². The number of nitrogens with one attached hydrogen (secondary N) is 1. The Balaban J connectivity index is 2.24. The molecule has 210 valence electrons. The highest BCUT2D eigenvalue weighted by molar-refractivity contribution is 5.65. The van der Waals surface area contributed by atoms with E-state index in [0.29, 0.717) is 12.1 Å². The van der Waals surface area contributed by atoms with Crippen molar-refractivity contribution in [3.8, 4) is 5.75 Å². The van der Waals surface area contributed by atoms with Crippen LogP contribution >= 0.6 is 0 Å². The van der Waals surface area contributed by atoms with Crippen molar-refractivity contribution in [2.24, 2.45) is 5.73 Å². The lowest BCUT2D eigenvalue weighted by atomic mass is 9.78. The van der Waals surface area contributed by atoms with E-state index >= 15 is 0 Å². The van der Waals surface area contributed by atoms with Gasteiger partial charge in [0.05, 0.1) is 16.7 Å². The van der Waals surface area contributed by atoms with Crippen molar-refractivity contribution < 1.29 is 48.6 Å². The molecular weight excluding hydrogens is 546 g/mol. The smallest absolute Gasteiger partial charge is 0.406 e. The van der Waals surface area contributed by atoms with Crippen molar-refractivity contribution in [2.45, 2.75) is 30.7 Å². The van der Waals surface area contributed by atoms with Gasteiger partial charge < -0.3 is 15.8 Å². The Kier molecular flexibility index (Phi) is 8.25. The van der Waals surface area contributed by atoms with Gasteiger partial charge in [0.25, 0.3) is 0 Å². The average molecular weight is 566 g/mol. The Hall–Kier alpha value is -3.74. The molecule has 1 unspecified atom stereocenters. The number of benzene rings is 3. The van der Waals surface area contributed by atoms with Crippen LogP contribution in [0.15, 0.2) is 73.3 Å². The molecular formula is C26H20F10N2O. The first kappa shape index (κ1) is 29.8. The maximum atomic E-state index is 13.9. The average Bonchev–Trinajstić information content (AvgIpc) is 2.82. The minimum Gasteiger partial charge on any atom is -0.406 e. The van der Waals surface area contributed by atoms with Crippen LogP contribution in [0.1, 0.15) is 34.2 Å². The largest absolute Gasteiger partial charge is 0.573 e. The molecule has 3 nitrogen and oxygen atoms in total. The molecule has 0 fully saturated rings. The number of ether oxygens (including phenoxy) is 1. The molecule has 0 amide bonds. The van der Waals surface area contributed by atoms with E-state index in [1.165, 1.54) is 12.1 Å². The highest BCUT2D eigenvalue weighted by Gasteiger charge is 2.39. The molecule has 3 N–H and O–H groups in total. The van der Waals surface area contributed by atoms with E-state index < -0.39 is 46.9 Å². The van der Waals surface area contributed by atoms with Crippen LogP contribution in [0.3, 0.4) is 0 Å². The van der Waals surface area contributed by atoms with E-state index in [4.69, 9.17) is 5.73 Å². The second kappa shape index (κ2) is 10.8. The third-order valence-electron chi connectivity index (χ3n) is 5.75. The zero-order chi connectivity index (χ0) is 29.2. The van der Waals surface area contributed by atoms with E-state index in [1.54, 1.807) is 0 Å². The Morgan fingerprint density at radius 2 is 1.36 bits per heavy atom. The van der Waals surface area contributed by atoms with E-state index in [2.05, 4.69) is 16.6 Å². The monoisotopic (exact) mass is 566 g/mol. The van der Waals surface area contributed by atoms with E-state index in [-0.39, 0.29) is 35.4 Å². The molecule has 0 saturated heterocycles. The van der Waals surface area contributed by atoms with Gasteiger partial charge in [-0.05, 0) is 72.1 Å². The van der Waals surface area contributed by atoms with Gasteiger partial charge in [0, 0.05) is 5.70 Å². The summed E-state index contributed by atoms with van der Waals surface area (Å²) in [5, 5.41) is 2.78. The molecule has 0 radical (unpaired) electrons. The van der Waals surface area contributed by atoms with Gasteiger partial charge in [0.2, 0.25) is 0 Å². The van der Waals surface area contributed by atoms with Crippen LogP contribution in [0.4, 0.5) is 43.9 Å². The number of hydrogen-bond donors (Lipinski definition) is 2. The van der Waals surface area contributed by atoms with Gasteiger partial charge in [-0.2, -0.15) is 26.3 Å². The first-order valence-electron chi connectivity index (χ1n) is 11.0. The molecule has 3 rings (SSSR count). The first-order chi connectivity index (χ1) is 18.0. The Morgan fingerprint density at radius 3 is 1.92 bits per heavy atom. The highest BCUT2D eigenvalue weighted by Crippen LogP contribution is 2.40. The Morgan fingerprint density at radius 1 is 0.769 bits per heavy atom. The van der Waals surface area contributed by atoms with Crippen LogP contribution in [-0.4, -0.2) is 12.9 Å². The molecule has 0 bridgehead atoms. The van der Waals surface area contributed by atoms with E-state index in [9.17, 15) is 43.9 Å². The summed E-state index contributed by atoms with van der Waals surface area (Å²) in [4.78, 5) is 0. The molecule has 1 atom stereocenters. The van der Waals surface area contributed by atoms with Gasteiger partial charge in [-0.3, -0.25) is 0 Å². The van der Waals surface area contributed by atoms with Gasteiger partial charge in [-0.25, -0.2) is 4.39 Å². The standard InChI is InChI=1S/C26H20F10N2O/c1-15(16-8-9-22(27)21(12-16)25(31,32)33)38-23(10-11-37,17-4-2-6-19(13-17)24(28,29)30)18-5-3-7-20(14-18)39-26(34,35)36/h2-9,12-14,38H,1,10-11,37H2. The van der Waals surface area contributed by atoms with Gasteiger partial charge in [0.1, 0.15) is 11.6 Å². The highest BCUT2D eigenvalue weighted by atomic mass is 19.4. The summed E-state index contributed by atoms with van der Waals surface area (Å²) < 4.78 is 137. The molecule has 0 aliphatic heterocycles. The minimum atomic E-state index is -5.09. The maximum absolute atomic E-state index is 13.9. The molecule has 0 aromatic heterocycles. The fourth-order valence-corrected chi connectivity index (χ4v) is 4.06. The van der Waals surface area contributed by atoms with Crippen LogP contribution < -0.4 is 15.8 Å². The van der Waals surface area contributed by atoms with Crippen molar-refractivity contribution in [1.29, 1.82) is 0 Å². The SMILES string of the molecule is C=C(NC(CCN)(c1cccc(OC(F)(F)F)c1)c1cccc(C(F)(F)F)c1)c1ccc(F)c(C(F)(F)F)c1. The zero-order valence-corrected chi connectivity index (χ0v) is 19.7. The fraction of sp³-hybridized carbons (Fsp3) is 0.231. The number of hydrogen-bond acceptors (Lipinski definition) is 3. The molecule has 0 saturated carbocycles. The van der Waals surface area contributed by atoms with Crippen LogP contribution in [0, 0.1) is 5.82 Å². The quantitative estimate of drug-likeness (QED) is 0.276. The number of halogens is 10. The van der Waals surface area contributed by atoms with E-state index in [0.717, 1.165) is 42.5 Å². The van der Waals surface area contributed by atoms with Crippen molar-refractivity contribution in [3.05, 3.63) is 107 Å². The normalized spacial score (nSPS) is 14.0. The summed E-state index contributed by atoms with van der Waals surface area (Å²) in [7, 11) is 0. The summed E-state index contributed by atoms with van der Waals surface area (Å²) in [6.45, 7) is 3.44. The van der Waals surface area contributed by atoms with Crippen molar-refractivity contribution in [1.82, 2.24) is 5.32 Å². The molecule has 3 aromatic rings. The molecule has 0 aliphatic rings. The predicted octanol–water partition coefficient (Wildman–Crippen LogP) is 7.61. The summed E-state index contributed by atoms with van der Waals surface area (Å²) in [6.07, 6.45) is -15.2. The number of nitrogens with two attached hydrogens (primary N) is 1. The third-order valence-corrected chi connectivity index (χ3v) is 5.75. The summed E-state index contributed by atoms with van der Waals surface area (Å²) >= 11 is 0. The predicted molar refractivity (Wildman–Crippen MR) is 123 cm³/mol. The summed E-state index contributed by atoms with van der Waals surface area (Å²) in [5.41, 5.74) is 0.436. The van der Waals surface area contributed by atoms with Gasteiger partial charge >= 0.3 is 18.7 Å². The molecule has 0 aliphatic carbocycles. The van der Waals surface area contributed by atoms with Crippen molar-refractivity contribution >= 4 is 5.70 Å². The van der Waals surface area contributed by atoms with E-state index in [1.807, 2.05) is 0 Å². The lowest BCUT2D eigenvalue weighted by molar-refractivity contribution is -0.274. The molecule has 3 aromatic carbocycles. The second-order valence-corrected chi connectivity index (χ2v) is 8.39. The zero-order valence-electron chi connectivity index (χ0n) is 19.7. The summed E-state index contributed by atoms with van der Waals surface area (Å²) in [5.74, 6) is -2.27. The lowest BCUT2D eigenvalue weighted by Crippen LogP contribution is -2.44. The minimum absolute atomic E-state index is 0.0617. The topological polar surface area (TPSA) is 47.3 Å². The number of alkyl halides is 9. The van der Waals surface area contributed by atoms with Gasteiger partial charge in [0.15, 0.2) is 0 Å². The fourth-order valence-electron chi connectivity index (χ4n) is 4.06. The molecule has 0 spiro atoms. The van der Waals surface area contributed by atoms with Gasteiger partial charge in [-0.15, -0.1) is 13.2 Å². The van der Waals surface area contributed by atoms with Crippen LogP contribution in [0.2, 0.25) is 0 Å². The molecule has 0 heterocycles. The number of rotatable bonds is 8. The molecule has 13 heteroatoms.